The molecule has 1 aliphatic rings. The minimum atomic E-state index is -1.64. The Morgan fingerprint density at radius 2 is 1.73 bits per heavy atom. The highest BCUT2D eigenvalue weighted by Gasteiger charge is 2.38. The van der Waals surface area contributed by atoms with Crippen LogP contribution in [-0.2, 0) is 16.0 Å². The third-order valence-electron chi connectivity index (χ3n) is 6.07. The van der Waals surface area contributed by atoms with E-state index in [1.54, 1.807) is 17.5 Å². The van der Waals surface area contributed by atoms with Crippen LogP contribution in [0.5, 0.6) is 0 Å². The standard InChI is InChI=1S/C26H24ClF3N2O2S.C2H6/c27-24-21(30)12-11-20(29)23(24)25(26(34)31-17-7-2-1-3-8-17)32(18-9-4-6-16(28)14-18)22(33)15-19-10-5-13-35-19;1-2/h4-6,9-14,17,25H,1-3,7-8,15H2,(H,31,34);1-2H3. The molecule has 0 radical (unpaired) electrons. The molecule has 1 unspecified atom stereocenters. The fraction of sp³-hybridized carbons (Fsp3) is 0.357. The van der Waals surface area contributed by atoms with Crippen molar-refractivity contribution in [2.45, 2.75) is 64.5 Å². The van der Waals surface area contributed by atoms with Gasteiger partial charge in [-0.05, 0) is 54.6 Å². The zero-order valence-electron chi connectivity index (χ0n) is 20.8. The molecule has 1 atom stereocenters. The molecular weight excluding hydrogens is 521 g/mol. The zero-order chi connectivity index (χ0) is 26.9. The Labute approximate surface area is 224 Å². The highest BCUT2D eigenvalue weighted by Crippen LogP contribution is 2.36. The average molecular weight is 551 g/mol. The van der Waals surface area contributed by atoms with Gasteiger partial charge in [0.05, 0.1) is 11.4 Å². The Morgan fingerprint density at radius 1 is 1.03 bits per heavy atom. The SMILES string of the molecule is CC.O=C(NC1CCCCC1)C(c1c(F)ccc(F)c1Cl)N(C(=O)Cc1cccs1)c1cccc(F)c1. The summed E-state index contributed by atoms with van der Waals surface area (Å²) in [6, 6.07) is 8.54. The van der Waals surface area contributed by atoms with E-state index in [9.17, 15) is 18.4 Å². The molecule has 9 heteroatoms. The number of thiophene rings is 1. The summed E-state index contributed by atoms with van der Waals surface area (Å²) in [4.78, 5) is 29.0. The number of anilines is 1. The Bertz CT molecular complexity index is 1200. The van der Waals surface area contributed by atoms with Gasteiger partial charge in [0.2, 0.25) is 11.8 Å². The predicted octanol–water partition coefficient (Wildman–Crippen LogP) is 7.61. The molecule has 1 N–H and O–H groups in total. The van der Waals surface area contributed by atoms with E-state index < -0.39 is 45.9 Å². The lowest BCUT2D eigenvalue weighted by molar-refractivity contribution is -0.127. The lowest BCUT2D eigenvalue weighted by Gasteiger charge is -2.34. The molecule has 3 aromatic rings. The smallest absolute Gasteiger partial charge is 0.248 e. The molecule has 4 rings (SSSR count). The van der Waals surface area contributed by atoms with Crippen molar-refractivity contribution >= 4 is 40.4 Å². The molecule has 1 fully saturated rings. The molecule has 0 saturated heterocycles. The predicted molar refractivity (Wildman–Crippen MR) is 142 cm³/mol. The lowest BCUT2D eigenvalue weighted by atomic mass is 9.94. The minimum absolute atomic E-state index is 0.0371. The summed E-state index contributed by atoms with van der Waals surface area (Å²) >= 11 is 7.52. The molecule has 0 spiro atoms. The van der Waals surface area contributed by atoms with Gasteiger partial charge >= 0.3 is 0 Å². The summed E-state index contributed by atoms with van der Waals surface area (Å²) in [5, 5.41) is 4.10. The maximum absolute atomic E-state index is 15.2. The van der Waals surface area contributed by atoms with E-state index in [2.05, 4.69) is 5.32 Å². The van der Waals surface area contributed by atoms with Gasteiger partial charge in [0.25, 0.3) is 0 Å². The van der Waals surface area contributed by atoms with Crippen molar-refractivity contribution in [1.29, 1.82) is 0 Å². The Hall–Kier alpha value is -2.84. The molecule has 0 aliphatic heterocycles. The molecule has 0 bridgehead atoms. The quantitative estimate of drug-likeness (QED) is 0.308. The van der Waals surface area contributed by atoms with Gasteiger partial charge in [0.1, 0.15) is 23.5 Å². The number of carbonyl (C=O) groups excluding carboxylic acids is 2. The van der Waals surface area contributed by atoms with E-state index in [4.69, 9.17) is 11.6 Å². The van der Waals surface area contributed by atoms with Crippen LogP contribution in [0, 0.1) is 17.5 Å². The summed E-state index contributed by atoms with van der Waals surface area (Å²) in [5.41, 5.74) is -0.432. The van der Waals surface area contributed by atoms with Crippen LogP contribution in [0.25, 0.3) is 0 Å². The Kier molecular flexibility index (Phi) is 10.6. The highest BCUT2D eigenvalue weighted by molar-refractivity contribution is 7.10. The number of rotatable bonds is 7. The van der Waals surface area contributed by atoms with Gasteiger partial charge < -0.3 is 5.32 Å². The van der Waals surface area contributed by atoms with E-state index in [1.807, 2.05) is 13.8 Å². The summed E-state index contributed by atoms with van der Waals surface area (Å²) in [5.74, 6) is -3.80. The first kappa shape index (κ1) is 28.7. The summed E-state index contributed by atoms with van der Waals surface area (Å²) in [6.07, 6.45) is 4.26. The van der Waals surface area contributed by atoms with Crippen molar-refractivity contribution in [3.05, 3.63) is 86.8 Å². The van der Waals surface area contributed by atoms with Gasteiger partial charge in [-0.2, -0.15) is 0 Å². The largest absolute Gasteiger partial charge is 0.351 e. The van der Waals surface area contributed by atoms with Gasteiger partial charge in [0.15, 0.2) is 0 Å². The summed E-state index contributed by atoms with van der Waals surface area (Å²) < 4.78 is 43.9. The number of benzene rings is 2. The van der Waals surface area contributed by atoms with Crippen LogP contribution < -0.4 is 10.2 Å². The molecule has 1 saturated carbocycles. The van der Waals surface area contributed by atoms with E-state index in [-0.39, 0.29) is 18.2 Å². The van der Waals surface area contributed by atoms with Gasteiger partial charge in [0, 0.05) is 22.2 Å². The molecule has 1 heterocycles. The monoisotopic (exact) mass is 550 g/mol. The summed E-state index contributed by atoms with van der Waals surface area (Å²) in [6.45, 7) is 4.00. The van der Waals surface area contributed by atoms with E-state index >= 15 is 4.39 Å². The topological polar surface area (TPSA) is 49.4 Å². The minimum Gasteiger partial charge on any atom is -0.351 e. The van der Waals surface area contributed by atoms with Crippen LogP contribution in [0.4, 0.5) is 18.9 Å². The van der Waals surface area contributed by atoms with Gasteiger partial charge in [-0.3, -0.25) is 14.5 Å². The second-order valence-corrected chi connectivity index (χ2v) is 9.91. The maximum atomic E-state index is 15.2. The number of nitrogens with zero attached hydrogens (tertiary/aromatic N) is 1. The first-order valence-corrected chi connectivity index (χ1v) is 13.6. The third kappa shape index (κ3) is 7.14. The van der Waals surface area contributed by atoms with Gasteiger partial charge in [-0.1, -0.05) is 56.8 Å². The maximum Gasteiger partial charge on any atom is 0.248 e. The Morgan fingerprint density at radius 3 is 2.38 bits per heavy atom. The number of halogens is 4. The molecule has 37 heavy (non-hydrogen) atoms. The van der Waals surface area contributed by atoms with Crippen LogP contribution in [0.3, 0.4) is 0 Å². The zero-order valence-corrected chi connectivity index (χ0v) is 22.3. The number of nitrogens with one attached hydrogen (secondary N) is 1. The van der Waals surface area contributed by atoms with Crippen molar-refractivity contribution in [3.63, 3.8) is 0 Å². The van der Waals surface area contributed by atoms with Crippen LogP contribution in [-0.4, -0.2) is 17.9 Å². The lowest BCUT2D eigenvalue weighted by Crippen LogP contribution is -2.48. The number of amides is 2. The van der Waals surface area contributed by atoms with E-state index in [0.29, 0.717) is 4.88 Å². The van der Waals surface area contributed by atoms with Crippen molar-refractivity contribution in [2.24, 2.45) is 0 Å². The van der Waals surface area contributed by atoms with Crippen LogP contribution in [0.15, 0.2) is 53.9 Å². The molecule has 198 valence electrons. The van der Waals surface area contributed by atoms with E-state index in [0.717, 1.165) is 55.2 Å². The van der Waals surface area contributed by atoms with Crippen LogP contribution in [0.1, 0.15) is 62.4 Å². The van der Waals surface area contributed by atoms with Crippen molar-refractivity contribution < 1.29 is 22.8 Å². The molecule has 2 aromatic carbocycles. The first-order valence-electron chi connectivity index (χ1n) is 12.4. The second-order valence-electron chi connectivity index (χ2n) is 8.50. The average Bonchev–Trinajstić information content (AvgIpc) is 3.40. The molecule has 1 aliphatic carbocycles. The Balaban J connectivity index is 0.00000186. The number of hydrogen-bond acceptors (Lipinski definition) is 3. The molecular formula is C28H30ClF3N2O2S. The van der Waals surface area contributed by atoms with Gasteiger partial charge in [-0.25, -0.2) is 13.2 Å². The van der Waals surface area contributed by atoms with Gasteiger partial charge in [-0.15, -0.1) is 11.3 Å². The highest BCUT2D eigenvalue weighted by atomic mass is 35.5. The van der Waals surface area contributed by atoms with Crippen LogP contribution in [0.2, 0.25) is 5.02 Å². The summed E-state index contributed by atoms with van der Waals surface area (Å²) in [7, 11) is 0. The molecule has 4 nitrogen and oxygen atoms in total. The van der Waals surface area contributed by atoms with Crippen LogP contribution >= 0.6 is 22.9 Å². The van der Waals surface area contributed by atoms with E-state index in [1.165, 1.54) is 29.5 Å². The molecule has 1 aromatic heterocycles. The third-order valence-corrected chi connectivity index (χ3v) is 7.33. The van der Waals surface area contributed by atoms with Crippen molar-refractivity contribution in [1.82, 2.24) is 5.32 Å². The van der Waals surface area contributed by atoms with Crippen molar-refractivity contribution in [3.8, 4) is 0 Å². The second kappa shape index (κ2) is 13.6. The fourth-order valence-electron chi connectivity index (χ4n) is 4.41. The number of carbonyl (C=O) groups is 2. The first-order chi connectivity index (χ1) is 17.8. The normalized spacial score (nSPS) is 14.3. The van der Waals surface area contributed by atoms with Crippen molar-refractivity contribution in [2.75, 3.05) is 4.90 Å². The molecule has 2 amide bonds. The number of hydrogen-bond donors (Lipinski definition) is 1. The fourth-order valence-corrected chi connectivity index (χ4v) is 5.36.